The molecule has 26 heavy (non-hydrogen) atoms. The Balaban J connectivity index is 1.44. The van der Waals surface area contributed by atoms with E-state index in [1.165, 1.54) is 0 Å². The topological polar surface area (TPSA) is 67.4 Å². The van der Waals surface area contributed by atoms with Gasteiger partial charge in [-0.3, -0.25) is 9.78 Å². The molecule has 1 saturated heterocycles. The van der Waals surface area contributed by atoms with Gasteiger partial charge in [0.05, 0.1) is 24.5 Å². The van der Waals surface area contributed by atoms with Crippen LogP contribution in [0.5, 0.6) is 0 Å². The lowest BCUT2D eigenvalue weighted by atomic mass is 10.1. The van der Waals surface area contributed by atoms with Gasteiger partial charge in [-0.05, 0) is 24.3 Å². The van der Waals surface area contributed by atoms with Gasteiger partial charge >= 0.3 is 0 Å². The van der Waals surface area contributed by atoms with Gasteiger partial charge in [0, 0.05) is 42.1 Å². The van der Waals surface area contributed by atoms with Crippen LogP contribution >= 0.6 is 11.3 Å². The summed E-state index contributed by atoms with van der Waals surface area (Å²) < 4.78 is 5.39. The smallest absolute Gasteiger partial charge is 0.257 e. The second-order valence-electron chi connectivity index (χ2n) is 5.89. The summed E-state index contributed by atoms with van der Waals surface area (Å²) in [6, 6.07) is 11.2. The summed E-state index contributed by atoms with van der Waals surface area (Å²) in [6.07, 6.45) is 3.19. The van der Waals surface area contributed by atoms with Crippen molar-refractivity contribution in [1.82, 2.24) is 9.97 Å². The van der Waals surface area contributed by atoms with E-state index in [1.54, 1.807) is 35.9 Å². The number of anilines is 2. The van der Waals surface area contributed by atoms with Crippen LogP contribution in [-0.2, 0) is 4.74 Å². The van der Waals surface area contributed by atoms with Crippen LogP contribution in [0.3, 0.4) is 0 Å². The Morgan fingerprint density at radius 2 is 1.96 bits per heavy atom. The Labute approximate surface area is 155 Å². The fraction of sp³-hybridized carbons (Fsp3) is 0.211. The van der Waals surface area contributed by atoms with E-state index in [9.17, 15) is 4.79 Å². The van der Waals surface area contributed by atoms with Gasteiger partial charge in [-0.1, -0.05) is 12.1 Å². The first kappa shape index (κ1) is 16.7. The highest BCUT2D eigenvalue weighted by Crippen LogP contribution is 2.28. The lowest BCUT2D eigenvalue weighted by molar-refractivity contribution is 0.102. The molecule has 0 unspecified atom stereocenters. The van der Waals surface area contributed by atoms with Crippen LogP contribution in [0.15, 0.2) is 54.2 Å². The van der Waals surface area contributed by atoms with E-state index in [2.05, 4.69) is 20.6 Å². The maximum Gasteiger partial charge on any atom is 0.257 e. The predicted octanol–water partition coefficient (Wildman–Crippen LogP) is 3.29. The van der Waals surface area contributed by atoms with Crippen LogP contribution in [0.25, 0.3) is 11.3 Å². The van der Waals surface area contributed by atoms with Gasteiger partial charge in [-0.2, -0.15) is 0 Å². The molecule has 1 aliphatic heterocycles. The SMILES string of the molecule is O=C(Nc1ccc(-c2csc(N3CCOCC3)n2)cc1)c1cccnc1. The number of nitrogens with zero attached hydrogens (tertiary/aromatic N) is 3. The van der Waals surface area contributed by atoms with Crippen LogP contribution in [0.1, 0.15) is 10.4 Å². The molecule has 3 aromatic rings. The predicted molar refractivity (Wildman–Crippen MR) is 103 cm³/mol. The van der Waals surface area contributed by atoms with E-state index >= 15 is 0 Å². The second-order valence-corrected chi connectivity index (χ2v) is 6.72. The van der Waals surface area contributed by atoms with Gasteiger partial charge in [-0.25, -0.2) is 4.98 Å². The largest absolute Gasteiger partial charge is 0.378 e. The molecule has 1 N–H and O–H groups in total. The number of aromatic nitrogens is 2. The number of carbonyl (C=O) groups excluding carboxylic acids is 1. The van der Waals surface area contributed by atoms with Gasteiger partial charge in [0.25, 0.3) is 5.91 Å². The number of amides is 1. The number of hydrogen-bond donors (Lipinski definition) is 1. The molecule has 3 heterocycles. The van der Waals surface area contributed by atoms with E-state index < -0.39 is 0 Å². The van der Waals surface area contributed by atoms with Crippen LogP contribution in [0.4, 0.5) is 10.8 Å². The van der Waals surface area contributed by atoms with Crippen molar-refractivity contribution in [2.75, 3.05) is 36.5 Å². The first-order chi connectivity index (χ1) is 12.8. The normalized spacial score (nSPS) is 14.2. The minimum Gasteiger partial charge on any atom is -0.378 e. The summed E-state index contributed by atoms with van der Waals surface area (Å²) in [5.74, 6) is -0.172. The standard InChI is InChI=1S/C19H18N4O2S/c24-18(15-2-1-7-20-12-15)21-16-5-3-14(4-6-16)17-13-26-19(22-17)23-8-10-25-11-9-23/h1-7,12-13H,8-11H2,(H,21,24). The molecular weight excluding hydrogens is 348 g/mol. The zero-order chi connectivity index (χ0) is 17.8. The molecule has 0 saturated carbocycles. The Morgan fingerprint density at radius 1 is 1.15 bits per heavy atom. The first-order valence-corrected chi connectivity index (χ1v) is 9.27. The number of ether oxygens (including phenoxy) is 1. The minimum absolute atomic E-state index is 0.172. The summed E-state index contributed by atoms with van der Waals surface area (Å²) in [7, 11) is 0. The van der Waals surface area contributed by atoms with E-state index in [4.69, 9.17) is 9.72 Å². The zero-order valence-electron chi connectivity index (χ0n) is 14.1. The van der Waals surface area contributed by atoms with E-state index in [1.807, 2.05) is 24.3 Å². The molecule has 4 rings (SSSR count). The number of rotatable bonds is 4. The summed E-state index contributed by atoms with van der Waals surface area (Å²) in [6.45, 7) is 3.26. The zero-order valence-corrected chi connectivity index (χ0v) is 14.9. The van der Waals surface area contributed by atoms with Crippen molar-refractivity contribution in [3.05, 3.63) is 59.7 Å². The summed E-state index contributed by atoms with van der Waals surface area (Å²) in [4.78, 5) is 23.1. The van der Waals surface area contributed by atoms with Crippen molar-refractivity contribution < 1.29 is 9.53 Å². The maximum atomic E-state index is 12.2. The van der Waals surface area contributed by atoms with Crippen molar-refractivity contribution >= 4 is 28.1 Å². The third-order valence-corrected chi connectivity index (χ3v) is 5.04. The molecule has 0 bridgehead atoms. The molecule has 0 spiro atoms. The van der Waals surface area contributed by atoms with Gasteiger partial charge in [0.2, 0.25) is 0 Å². The first-order valence-electron chi connectivity index (χ1n) is 8.40. The Bertz CT molecular complexity index is 874. The van der Waals surface area contributed by atoms with Crippen LogP contribution in [0, 0.1) is 0 Å². The van der Waals surface area contributed by atoms with E-state index in [0.29, 0.717) is 5.56 Å². The fourth-order valence-corrected chi connectivity index (χ4v) is 3.61. The van der Waals surface area contributed by atoms with Crippen molar-refractivity contribution in [3.63, 3.8) is 0 Å². The van der Waals surface area contributed by atoms with Gasteiger partial charge < -0.3 is 15.0 Å². The number of nitrogens with one attached hydrogen (secondary N) is 1. The lowest BCUT2D eigenvalue weighted by Gasteiger charge is -2.26. The Kier molecular flexibility index (Phi) is 4.90. The molecule has 1 fully saturated rings. The average Bonchev–Trinajstić information content (AvgIpc) is 3.20. The third kappa shape index (κ3) is 3.74. The van der Waals surface area contributed by atoms with E-state index in [0.717, 1.165) is 48.4 Å². The van der Waals surface area contributed by atoms with Gasteiger partial charge in [-0.15, -0.1) is 11.3 Å². The highest BCUT2D eigenvalue weighted by atomic mass is 32.1. The van der Waals surface area contributed by atoms with Gasteiger partial charge in [0.1, 0.15) is 0 Å². The fourth-order valence-electron chi connectivity index (χ4n) is 2.72. The molecule has 132 valence electrons. The molecule has 6 nitrogen and oxygen atoms in total. The monoisotopic (exact) mass is 366 g/mol. The highest BCUT2D eigenvalue weighted by molar-refractivity contribution is 7.14. The number of carbonyl (C=O) groups is 1. The number of thiazole rings is 1. The molecule has 1 amide bonds. The Hall–Kier alpha value is -2.77. The molecule has 2 aromatic heterocycles. The third-order valence-electron chi connectivity index (χ3n) is 4.14. The number of morpholine rings is 1. The number of hydrogen-bond acceptors (Lipinski definition) is 6. The minimum atomic E-state index is -0.172. The highest BCUT2D eigenvalue weighted by Gasteiger charge is 2.15. The summed E-state index contributed by atoms with van der Waals surface area (Å²) in [5, 5.41) is 5.96. The lowest BCUT2D eigenvalue weighted by Crippen LogP contribution is -2.36. The molecule has 1 aliphatic rings. The molecule has 1 aromatic carbocycles. The average molecular weight is 366 g/mol. The van der Waals surface area contributed by atoms with Crippen LogP contribution < -0.4 is 10.2 Å². The molecular formula is C19H18N4O2S. The molecule has 0 atom stereocenters. The number of benzene rings is 1. The molecule has 0 aliphatic carbocycles. The van der Waals surface area contributed by atoms with Crippen molar-refractivity contribution in [1.29, 1.82) is 0 Å². The van der Waals surface area contributed by atoms with E-state index in [-0.39, 0.29) is 5.91 Å². The summed E-state index contributed by atoms with van der Waals surface area (Å²) >= 11 is 1.65. The van der Waals surface area contributed by atoms with Crippen LogP contribution in [0.2, 0.25) is 0 Å². The molecule has 7 heteroatoms. The maximum absolute atomic E-state index is 12.2. The van der Waals surface area contributed by atoms with Crippen LogP contribution in [-0.4, -0.2) is 42.2 Å². The number of pyridine rings is 1. The van der Waals surface area contributed by atoms with Crippen molar-refractivity contribution in [2.24, 2.45) is 0 Å². The van der Waals surface area contributed by atoms with Crippen molar-refractivity contribution in [2.45, 2.75) is 0 Å². The Morgan fingerprint density at radius 3 is 2.69 bits per heavy atom. The second kappa shape index (κ2) is 7.63. The summed E-state index contributed by atoms with van der Waals surface area (Å²) in [5.41, 5.74) is 3.25. The molecule has 0 radical (unpaired) electrons. The van der Waals surface area contributed by atoms with Crippen molar-refractivity contribution in [3.8, 4) is 11.3 Å². The van der Waals surface area contributed by atoms with Gasteiger partial charge in [0.15, 0.2) is 5.13 Å². The quantitative estimate of drug-likeness (QED) is 0.767.